The van der Waals surface area contributed by atoms with Crippen molar-refractivity contribution < 1.29 is 8.78 Å². The van der Waals surface area contributed by atoms with E-state index in [-0.39, 0.29) is 6.54 Å². The van der Waals surface area contributed by atoms with E-state index in [9.17, 15) is 8.78 Å². The predicted molar refractivity (Wildman–Crippen MR) is 79.2 cm³/mol. The van der Waals surface area contributed by atoms with Crippen LogP contribution in [0.15, 0.2) is 36.4 Å². The first-order valence-corrected chi connectivity index (χ1v) is 6.44. The van der Waals surface area contributed by atoms with Crippen molar-refractivity contribution in [3.8, 4) is 0 Å². The monoisotopic (exact) mass is 276 g/mol. The molecule has 0 radical (unpaired) electrons. The molecule has 2 nitrogen and oxygen atoms in total. The molecule has 1 N–H and O–H groups in total. The van der Waals surface area contributed by atoms with Crippen LogP contribution in [0.4, 0.5) is 20.2 Å². The van der Waals surface area contributed by atoms with Crippen molar-refractivity contribution in [2.24, 2.45) is 0 Å². The fourth-order valence-electron chi connectivity index (χ4n) is 2.08. The zero-order valence-corrected chi connectivity index (χ0v) is 11.9. The number of nitrogens with one attached hydrogen (secondary N) is 1. The van der Waals surface area contributed by atoms with Crippen molar-refractivity contribution in [3.05, 3.63) is 59.2 Å². The summed E-state index contributed by atoms with van der Waals surface area (Å²) in [5, 5.41) is 3.12. The first kappa shape index (κ1) is 14.3. The molecule has 0 heterocycles. The van der Waals surface area contributed by atoms with Gasteiger partial charge < -0.3 is 10.2 Å². The zero-order chi connectivity index (χ0) is 14.7. The standard InChI is InChI=1S/C16H18F2N2/c1-11-7-8-13(9-15(11)20(2)3)19-10-12-5-4-6-14(17)16(12)18/h4-9,19H,10H2,1-3H3. The smallest absolute Gasteiger partial charge is 0.163 e. The quantitative estimate of drug-likeness (QED) is 0.909. The van der Waals surface area contributed by atoms with Crippen LogP contribution in [-0.4, -0.2) is 14.1 Å². The largest absolute Gasteiger partial charge is 0.381 e. The highest BCUT2D eigenvalue weighted by Gasteiger charge is 2.08. The Morgan fingerprint density at radius 3 is 2.55 bits per heavy atom. The Morgan fingerprint density at radius 2 is 1.85 bits per heavy atom. The molecule has 0 aromatic heterocycles. The number of halogens is 2. The summed E-state index contributed by atoms with van der Waals surface area (Å²) in [7, 11) is 3.94. The minimum absolute atomic E-state index is 0.250. The van der Waals surface area contributed by atoms with Gasteiger partial charge in [-0.15, -0.1) is 0 Å². The fraction of sp³-hybridized carbons (Fsp3) is 0.250. The maximum Gasteiger partial charge on any atom is 0.163 e. The summed E-state index contributed by atoms with van der Waals surface area (Å²) >= 11 is 0. The molecule has 0 bridgehead atoms. The van der Waals surface area contributed by atoms with Gasteiger partial charge in [0.25, 0.3) is 0 Å². The second-order valence-corrected chi connectivity index (χ2v) is 4.96. The molecule has 106 valence electrons. The summed E-state index contributed by atoms with van der Waals surface area (Å²) < 4.78 is 26.7. The van der Waals surface area contributed by atoms with E-state index in [1.165, 1.54) is 6.07 Å². The molecular weight excluding hydrogens is 258 g/mol. The molecule has 2 aromatic carbocycles. The molecule has 0 spiro atoms. The SMILES string of the molecule is Cc1ccc(NCc2cccc(F)c2F)cc1N(C)C. The Kier molecular flexibility index (Phi) is 4.23. The van der Waals surface area contributed by atoms with Gasteiger partial charge >= 0.3 is 0 Å². The van der Waals surface area contributed by atoms with E-state index in [1.54, 1.807) is 6.07 Å². The molecule has 2 aromatic rings. The molecule has 0 aliphatic heterocycles. The van der Waals surface area contributed by atoms with Crippen molar-refractivity contribution in [3.63, 3.8) is 0 Å². The lowest BCUT2D eigenvalue weighted by atomic mass is 10.1. The van der Waals surface area contributed by atoms with E-state index in [4.69, 9.17) is 0 Å². The van der Waals surface area contributed by atoms with E-state index in [1.807, 2.05) is 44.1 Å². The van der Waals surface area contributed by atoms with Gasteiger partial charge in [0.05, 0.1) is 0 Å². The molecule has 0 saturated carbocycles. The molecule has 0 fully saturated rings. The molecule has 0 amide bonds. The van der Waals surface area contributed by atoms with Crippen LogP contribution in [-0.2, 0) is 6.54 Å². The number of rotatable bonds is 4. The van der Waals surface area contributed by atoms with Crippen LogP contribution in [0, 0.1) is 18.6 Å². The first-order valence-electron chi connectivity index (χ1n) is 6.44. The summed E-state index contributed by atoms with van der Waals surface area (Å²) in [4.78, 5) is 2.02. The lowest BCUT2D eigenvalue weighted by Gasteiger charge is -2.17. The maximum atomic E-state index is 13.6. The summed E-state index contributed by atoms with van der Waals surface area (Å²) in [5.41, 5.74) is 3.45. The van der Waals surface area contributed by atoms with Crippen LogP contribution < -0.4 is 10.2 Å². The van der Waals surface area contributed by atoms with Gasteiger partial charge in [0, 0.05) is 37.6 Å². The summed E-state index contributed by atoms with van der Waals surface area (Å²) in [6.45, 7) is 2.28. The molecule has 0 aliphatic rings. The Morgan fingerprint density at radius 1 is 1.10 bits per heavy atom. The number of anilines is 2. The second-order valence-electron chi connectivity index (χ2n) is 4.96. The molecule has 0 saturated heterocycles. The Hall–Kier alpha value is -2.10. The number of aryl methyl sites for hydroxylation is 1. The van der Waals surface area contributed by atoms with Crippen LogP contribution in [0.3, 0.4) is 0 Å². The minimum Gasteiger partial charge on any atom is -0.381 e. The van der Waals surface area contributed by atoms with Crippen LogP contribution in [0.25, 0.3) is 0 Å². The van der Waals surface area contributed by atoms with Gasteiger partial charge in [0.2, 0.25) is 0 Å². The van der Waals surface area contributed by atoms with Gasteiger partial charge in [-0.3, -0.25) is 0 Å². The van der Waals surface area contributed by atoms with Gasteiger partial charge in [-0.25, -0.2) is 8.78 Å². The van der Waals surface area contributed by atoms with Crippen LogP contribution in [0.2, 0.25) is 0 Å². The lowest BCUT2D eigenvalue weighted by molar-refractivity contribution is 0.500. The molecule has 2 rings (SSSR count). The highest BCUT2D eigenvalue weighted by Crippen LogP contribution is 2.23. The molecule has 0 unspecified atom stereocenters. The van der Waals surface area contributed by atoms with E-state index in [0.29, 0.717) is 5.56 Å². The van der Waals surface area contributed by atoms with Crippen molar-refractivity contribution in [1.29, 1.82) is 0 Å². The number of nitrogens with zero attached hydrogens (tertiary/aromatic N) is 1. The van der Waals surface area contributed by atoms with Crippen LogP contribution in [0.1, 0.15) is 11.1 Å². The van der Waals surface area contributed by atoms with Crippen molar-refractivity contribution in [2.75, 3.05) is 24.3 Å². The second kappa shape index (κ2) is 5.90. The average molecular weight is 276 g/mol. The lowest BCUT2D eigenvalue weighted by Crippen LogP contribution is -2.11. The highest BCUT2D eigenvalue weighted by molar-refractivity contribution is 5.61. The third-order valence-corrected chi connectivity index (χ3v) is 3.21. The Labute approximate surface area is 118 Å². The summed E-state index contributed by atoms with van der Waals surface area (Å²) in [5.74, 6) is -1.61. The minimum atomic E-state index is -0.817. The third-order valence-electron chi connectivity index (χ3n) is 3.21. The predicted octanol–water partition coefficient (Wildman–Crippen LogP) is 3.95. The van der Waals surface area contributed by atoms with Crippen molar-refractivity contribution >= 4 is 11.4 Å². The van der Waals surface area contributed by atoms with E-state index in [0.717, 1.165) is 23.0 Å². The van der Waals surface area contributed by atoms with Crippen molar-refractivity contribution in [1.82, 2.24) is 0 Å². The van der Waals surface area contributed by atoms with Gasteiger partial charge in [0.15, 0.2) is 11.6 Å². The zero-order valence-electron chi connectivity index (χ0n) is 11.9. The first-order chi connectivity index (χ1) is 9.49. The maximum absolute atomic E-state index is 13.6. The van der Waals surface area contributed by atoms with Gasteiger partial charge in [0.1, 0.15) is 0 Å². The molecule has 0 aliphatic carbocycles. The molecular formula is C16H18F2N2. The van der Waals surface area contributed by atoms with Gasteiger partial charge in [-0.2, -0.15) is 0 Å². The molecule has 20 heavy (non-hydrogen) atoms. The Balaban J connectivity index is 2.15. The topological polar surface area (TPSA) is 15.3 Å². The summed E-state index contributed by atoms with van der Waals surface area (Å²) in [6, 6.07) is 10.1. The van der Waals surface area contributed by atoms with Crippen molar-refractivity contribution in [2.45, 2.75) is 13.5 Å². The van der Waals surface area contributed by atoms with Crippen LogP contribution >= 0.6 is 0 Å². The number of hydrogen-bond donors (Lipinski definition) is 1. The number of benzene rings is 2. The van der Waals surface area contributed by atoms with E-state index in [2.05, 4.69) is 5.32 Å². The Bertz CT molecular complexity index is 609. The van der Waals surface area contributed by atoms with E-state index < -0.39 is 11.6 Å². The normalized spacial score (nSPS) is 10.4. The van der Waals surface area contributed by atoms with Gasteiger partial charge in [-0.05, 0) is 30.7 Å². The molecule has 0 atom stereocenters. The average Bonchev–Trinajstić information content (AvgIpc) is 2.41. The fourth-order valence-corrected chi connectivity index (χ4v) is 2.08. The number of hydrogen-bond acceptors (Lipinski definition) is 2. The highest BCUT2D eigenvalue weighted by atomic mass is 19.2. The molecule has 4 heteroatoms. The van der Waals surface area contributed by atoms with Crippen LogP contribution in [0.5, 0.6) is 0 Å². The third kappa shape index (κ3) is 3.07. The van der Waals surface area contributed by atoms with Gasteiger partial charge in [-0.1, -0.05) is 18.2 Å². The van der Waals surface area contributed by atoms with E-state index >= 15 is 0 Å². The summed E-state index contributed by atoms with van der Waals surface area (Å²) in [6.07, 6.45) is 0.